The number of rotatable bonds is 4. The van der Waals surface area contributed by atoms with E-state index in [9.17, 15) is 4.79 Å². The van der Waals surface area contributed by atoms with Crippen LogP contribution in [0.4, 0.5) is 0 Å². The average Bonchev–Trinajstić information content (AvgIpc) is 2.36. The van der Waals surface area contributed by atoms with Gasteiger partial charge in [-0.2, -0.15) is 0 Å². The largest absolute Gasteiger partial charge is 0.496 e. The second kappa shape index (κ2) is 6.30. The van der Waals surface area contributed by atoms with Gasteiger partial charge in [0.25, 0.3) is 0 Å². The standard InChI is InChI=1S/C12H13BrO4/c1-15-10-7-9(13)11(16-2)6-8(10)4-5-12(14)17-3/h4-7H,1-3H3. The number of esters is 1. The van der Waals surface area contributed by atoms with E-state index in [2.05, 4.69) is 20.7 Å². The molecule has 0 aliphatic rings. The van der Waals surface area contributed by atoms with Gasteiger partial charge in [0.15, 0.2) is 0 Å². The van der Waals surface area contributed by atoms with Gasteiger partial charge in [-0.3, -0.25) is 0 Å². The number of carbonyl (C=O) groups excluding carboxylic acids is 1. The smallest absolute Gasteiger partial charge is 0.330 e. The van der Waals surface area contributed by atoms with Crippen molar-refractivity contribution in [3.63, 3.8) is 0 Å². The number of halogens is 1. The van der Waals surface area contributed by atoms with Gasteiger partial charge in [0, 0.05) is 11.6 Å². The quantitative estimate of drug-likeness (QED) is 0.633. The van der Waals surface area contributed by atoms with Crippen LogP contribution in [0.25, 0.3) is 6.08 Å². The fraction of sp³-hybridized carbons (Fsp3) is 0.250. The Morgan fingerprint density at radius 2 is 1.82 bits per heavy atom. The van der Waals surface area contributed by atoms with Crippen LogP contribution in [0.1, 0.15) is 5.56 Å². The summed E-state index contributed by atoms with van der Waals surface area (Å²) >= 11 is 3.36. The van der Waals surface area contributed by atoms with E-state index in [-0.39, 0.29) is 0 Å². The fourth-order valence-electron chi connectivity index (χ4n) is 1.24. The van der Waals surface area contributed by atoms with Crippen molar-refractivity contribution in [1.82, 2.24) is 0 Å². The van der Waals surface area contributed by atoms with Crippen LogP contribution in [0, 0.1) is 0 Å². The van der Waals surface area contributed by atoms with Gasteiger partial charge in [-0.25, -0.2) is 4.79 Å². The van der Waals surface area contributed by atoms with Crippen LogP contribution in [-0.2, 0) is 9.53 Å². The molecule has 5 heteroatoms. The fourth-order valence-corrected chi connectivity index (χ4v) is 1.72. The third-order valence-corrected chi connectivity index (χ3v) is 2.72. The molecule has 92 valence electrons. The number of carbonyl (C=O) groups is 1. The summed E-state index contributed by atoms with van der Waals surface area (Å²) in [6.45, 7) is 0. The van der Waals surface area contributed by atoms with Gasteiger partial charge >= 0.3 is 5.97 Å². The minimum Gasteiger partial charge on any atom is -0.496 e. The lowest BCUT2D eigenvalue weighted by Gasteiger charge is -2.09. The molecule has 0 saturated heterocycles. The zero-order valence-electron chi connectivity index (χ0n) is 9.82. The van der Waals surface area contributed by atoms with Crippen molar-refractivity contribution in [2.24, 2.45) is 0 Å². The monoisotopic (exact) mass is 300 g/mol. The third-order valence-electron chi connectivity index (χ3n) is 2.10. The maximum absolute atomic E-state index is 11.0. The Labute approximate surface area is 108 Å². The molecule has 0 fully saturated rings. The molecule has 0 radical (unpaired) electrons. The highest BCUT2D eigenvalue weighted by Gasteiger charge is 2.07. The predicted molar refractivity (Wildman–Crippen MR) is 68.3 cm³/mol. The maximum Gasteiger partial charge on any atom is 0.330 e. The van der Waals surface area contributed by atoms with Gasteiger partial charge in [0.2, 0.25) is 0 Å². The molecule has 0 unspecified atom stereocenters. The molecule has 0 aliphatic carbocycles. The number of hydrogen-bond acceptors (Lipinski definition) is 4. The summed E-state index contributed by atoms with van der Waals surface area (Å²) in [6.07, 6.45) is 2.94. The van der Waals surface area contributed by atoms with E-state index in [4.69, 9.17) is 9.47 Å². The summed E-state index contributed by atoms with van der Waals surface area (Å²) in [6, 6.07) is 3.54. The number of hydrogen-bond donors (Lipinski definition) is 0. The zero-order valence-corrected chi connectivity index (χ0v) is 11.4. The van der Waals surface area contributed by atoms with Gasteiger partial charge in [-0.15, -0.1) is 0 Å². The van der Waals surface area contributed by atoms with E-state index >= 15 is 0 Å². The second-order valence-corrected chi connectivity index (χ2v) is 3.94. The average molecular weight is 301 g/mol. The van der Waals surface area contributed by atoms with Crippen molar-refractivity contribution in [3.8, 4) is 11.5 Å². The van der Waals surface area contributed by atoms with E-state index in [0.29, 0.717) is 11.5 Å². The molecule has 1 aromatic rings. The first kappa shape index (κ1) is 13.6. The van der Waals surface area contributed by atoms with Crippen molar-refractivity contribution in [2.45, 2.75) is 0 Å². The Morgan fingerprint density at radius 3 is 2.35 bits per heavy atom. The minimum absolute atomic E-state index is 0.422. The molecule has 0 bridgehead atoms. The predicted octanol–water partition coefficient (Wildman–Crippen LogP) is 2.65. The van der Waals surface area contributed by atoms with Crippen LogP contribution in [0.15, 0.2) is 22.7 Å². The van der Waals surface area contributed by atoms with Gasteiger partial charge in [0.1, 0.15) is 11.5 Å². The van der Waals surface area contributed by atoms with Gasteiger partial charge in [-0.05, 0) is 34.1 Å². The minimum atomic E-state index is -0.422. The lowest BCUT2D eigenvalue weighted by atomic mass is 10.1. The van der Waals surface area contributed by atoms with Crippen molar-refractivity contribution in [3.05, 3.63) is 28.2 Å². The highest BCUT2D eigenvalue weighted by Crippen LogP contribution is 2.33. The molecule has 0 amide bonds. The van der Waals surface area contributed by atoms with E-state index in [0.717, 1.165) is 10.0 Å². The first-order chi connectivity index (χ1) is 8.12. The highest BCUT2D eigenvalue weighted by molar-refractivity contribution is 9.10. The lowest BCUT2D eigenvalue weighted by Crippen LogP contribution is -1.95. The van der Waals surface area contributed by atoms with Gasteiger partial charge in [0.05, 0.1) is 25.8 Å². The van der Waals surface area contributed by atoms with E-state index in [1.807, 2.05) is 0 Å². The van der Waals surface area contributed by atoms with E-state index < -0.39 is 5.97 Å². The molecule has 0 heterocycles. The first-order valence-electron chi connectivity index (χ1n) is 4.80. The van der Waals surface area contributed by atoms with Gasteiger partial charge < -0.3 is 14.2 Å². The topological polar surface area (TPSA) is 44.8 Å². The van der Waals surface area contributed by atoms with Crippen molar-refractivity contribution in [2.75, 3.05) is 21.3 Å². The Bertz CT molecular complexity index is 440. The summed E-state index contributed by atoms with van der Waals surface area (Å²) in [7, 11) is 4.45. The molecule has 0 atom stereocenters. The zero-order chi connectivity index (χ0) is 12.8. The van der Waals surface area contributed by atoms with Gasteiger partial charge in [-0.1, -0.05) is 0 Å². The second-order valence-electron chi connectivity index (χ2n) is 3.09. The third kappa shape index (κ3) is 3.49. The molecular formula is C12H13BrO4. The van der Waals surface area contributed by atoms with Crippen LogP contribution < -0.4 is 9.47 Å². The van der Waals surface area contributed by atoms with E-state index in [1.165, 1.54) is 13.2 Å². The normalized spacial score (nSPS) is 10.4. The highest BCUT2D eigenvalue weighted by atomic mass is 79.9. The Morgan fingerprint density at radius 1 is 1.18 bits per heavy atom. The molecule has 4 nitrogen and oxygen atoms in total. The van der Waals surface area contributed by atoms with Crippen LogP contribution in [0.2, 0.25) is 0 Å². The van der Waals surface area contributed by atoms with Crippen molar-refractivity contribution >= 4 is 28.0 Å². The molecule has 0 aliphatic heterocycles. The lowest BCUT2D eigenvalue weighted by molar-refractivity contribution is -0.134. The molecular weight excluding hydrogens is 288 g/mol. The maximum atomic E-state index is 11.0. The van der Waals surface area contributed by atoms with Crippen LogP contribution in [0.5, 0.6) is 11.5 Å². The Kier molecular flexibility index (Phi) is 5.03. The Balaban J connectivity index is 3.12. The van der Waals surface area contributed by atoms with Crippen LogP contribution >= 0.6 is 15.9 Å². The molecule has 0 aromatic heterocycles. The summed E-state index contributed by atoms with van der Waals surface area (Å²) < 4.78 is 15.7. The number of methoxy groups -OCH3 is 3. The van der Waals surface area contributed by atoms with Crippen LogP contribution in [0.3, 0.4) is 0 Å². The van der Waals surface area contributed by atoms with Crippen molar-refractivity contribution in [1.29, 1.82) is 0 Å². The summed E-state index contributed by atoms with van der Waals surface area (Å²) in [5.74, 6) is 0.877. The number of benzene rings is 1. The summed E-state index contributed by atoms with van der Waals surface area (Å²) in [4.78, 5) is 11.0. The first-order valence-corrected chi connectivity index (χ1v) is 5.59. The van der Waals surface area contributed by atoms with Crippen LogP contribution in [-0.4, -0.2) is 27.3 Å². The van der Waals surface area contributed by atoms with Crippen molar-refractivity contribution < 1.29 is 19.0 Å². The SMILES string of the molecule is COC(=O)C=Cc1cc(OC)c(Br)cc1OC. The summed E-state index contributed by atoms with van der Waals surface area (Å²) in [5.41, 5.74) is 0.734. The molecule has 1 rings (SSSR count). The molecule has 0 saturated carbocycles. The molecule has 0 N–H and O–H groups in total. The molecule has 1 aromatic carbocycles. The Hall–Kier alpha value is -1.49. The van der Waals surface area contributed by atoms with E-state index in [1.54, 1.807) is 32.4 Å². The molecule has 0 spiro atoms. The summed E-state index contributed by atoms with van der Waals surface area (Å²) in [5, 5.41) is 0. The molecule has 17 heavy (non-hydrogen) atoms. The number of ether oxygens (including phenoxy) is 3.